The van der Waals surface area contributed by atoms with Gasteiger partial charge in [0.05, 0.1) is 16.1 Å². The van der Waals surface area contributed by atoms with Gasteiger partial charge < -0.3 is 10.4 Å². The molecule has 0 fully saturated rings. The number of amides is 1. The lowest BCUT2D eigenvalue weighted by molar-refractivity contribution is 0.0696. The van der Waals surface area contributed by atoms with Crippen molar-refractivity contribution in [2.24, 2.45) is 0 Å². The molecule has 0 heterocycles. The minimum Gasteiger partial charge on any atom is -0.478 e. The highest BCUT2D eigenvalue weighted by atomic mass is 79.9. The maximum atomic E-state index is 12.7. The van der Waals surface area contributed by atoms with E-state index in [1.54, 1.807) is 24.3 Å². The van der Waals surface area contributed by atoms with Crippen molar-refractivity contribution in [2.45, 2.75) is 4.90 Å². The van der Waals surface area contributed by atoms with E-state index in [4.69, 9.17) is 5.11 Å². The Hall–Kier alpha value is -3.17. The van der Waals surface area contributed by atoms with Crippen LogP contribution in [-0.2, 0) is 10.0 Å². The van der Waals surface area contributed by atoms with Crippen molar-refractivity contribution in [1.29, 1.82) is 0 Å². The number of halogens is 1. The highest BCUT2D eigenvalue weighted by Crippen LogP contribution is 2.23. The molecular formula is C20H15BrN2O5S. The second kappa shape index (κ2) is 8.46. The number of carboxylic acid groups (broad SMARTS) is 1. The van der Waals surface area contributed by atoms with Crippen LogP contribution in [0.1, 0.15) is 20.7 Å². The van der Waals surface area contributed by atoms with Crippen LogP contribution >= 0.6 is 15.9 Å². The van der Waals surface area contributed by atoms with E-state index in [0.29, 0.717) is 10.2 Å². The summed E-state index contributed by atoms with van der Waals surface area (Å²) in [6.07, 6.45) is 0. The normalized spacial score (nSPS) is 10.9. The number of para-hydroxylation sites is 1. The molecule has 3 rings (SSSR count). The average Bonchev–Trinajstić information content (AvgIpc) is 2.68. The molecule has 0 aliphatic heterocycles. The fraction of sp³-hybridized carbons (Fsp3) is 0. The van der Waals surface area contributed by atoms with Crippen molar-refractivity contribution in [1.82, 2.24) is 0 Å². The van der Waals surface area contributed by atoms with E-state index in [9.17, 15) is 18.0 Å². The summed E-state index contributed by atoms with van der Waals surface area (Å²) in [7, 11) is -4.05. The van der Waals surface area contributed by atoms with Crippen molar-refractivity contribution in [3.63, 3.8) is 0 Å². The molecule has 0 aliphatic carbocycles. The number of carbonyl (C=O) groups excluding carboxylic acids is 1. The molecule has 3 aromatic rings. The Bertz CT molecular complexity index is 1180. The summed E-state index contributed by atoms with van der Waals surface area (Å²) in [5.74, 6) is -1.64. The van der Waals surface area contributed by atoms with Gasteiger partial charge in [0, 0.05) is 15.7 Å². The summed E-state index contributed by atoms with van der Waals surface area (Å²) >= 11 is 3.16. The number of nitrogens with one attached hydrogen (secondary N) is 2. The number of aromatic carboxylic acids is 1. The number of anilines is 2. The van der Waals surface area contributed by atoms with Gasteiger partial charge in [0.2, 0.25) is 0 Å². The summed E-state index contributed by atoms with van der Waals surface area (Å²) in [6.45, 7) is 0. The molecule has 0 unspecified atom stereocenters. The third-order valence-electron chi connectivity index (χ3n) is 3.84. The van der Waals surface area contributed by atoms with Crippen LogP contribution in [-0.4, -0.2) is 25.4 Å². The van der Waals surface area contributed by atoms with Crippen LogP contribution < -0.4 is 10.0 Å². The molecule has 0 spiro atoms. The van der Waals surface area contributed by atoms with Gasteiger partial charge in [0.25, 0.3) is 15.9 Å². The molecule has 3 N–H and O–H groups in total. The van der Waals surface area contributed by atoms with Crippen LogP contribution in [0.3, 0.4) is 0 Å². The van der Waals surface area contributed by atoms with Gasteiger partial charge in [0.15, 0.2) is 0 Å². The summed E-state index contributed by atoms with van der Waals surface area (Å²) in [5, 5.41) is 11.8. The monoisotopic (exact) mass is 474 g/mol. The molecule has 0 aliphatic rings. The second-order valence-electron chi connectivity index (χ2n) is 5.99. The summed E-state index contributed by atoms with van der Waals surface area (Å²) in [4.78, 5) is 23.5. The molecule has 1 amide bonds. The van der Waals surface area contributed by atoms with Crippen LogP contribution in [0.25, 0.3) is 0 Å². The van der Waals surface area contributed by atoms with Crippen molar-refractivity contribution in [3.05, 3.63) is 88.4 Å². The van der Waals surface area contributed by atoms with Crippen LogP contribution in [0.5, 0.6) is 0 Å². The van der Waals surface area contributed by atoms with Gasteiger partial charge >= 0.3 is 5.97 Å². The molecule has 7 nitrogen and oxygen atoms in total. The van der Waals surface area contributed by atoms with E-state index in [0.717, 1.165) is 0 Å². The topological polar surface area (TPSA) is 113 Å². The zero-order valence-corrected chi connectivity index (χ0v) is 17.2. The molecule has 0 saturated heterocycles. The number of hydrogen-bond acceptors (Lipinski definition) is 4. The number of benzene rings is 3. The maximum Gasteiger partial charge on any atom is 0.335 e. The fourth-order valence-electron chi connectivity index (χ4n) is 2.52. The van der Waals surface area contributed by atoms with Gasteiger partial charge in [-0.1, -0.05) is 40.2 Å². The highest BCUT2D eigenvalue weighted by Gasteiger charge is 2.18. The van der Waals surface area contributed by atoms with E-state index in [1.807, 2.05) is 6.07 Å². The van der Waals surface area contributed by atoms with E-state index in [1.165, 1.54) is 42.5 Å². The first kappa shape index (κ1) is 20.6. The fourth-order valence-corrected chi connectivity index (χ4v) is 4.09. The van der Waals surface area contributed by atoms with Gasteiger partial charge in [-0.3, -0.25) is 9.52 Å². The lowest BCUT2D eigenvalue weighted by Crippen LogP contribution is -2.16. The summed E-state index contributed by atoms with van der Waals surface area (Å²) < 4.78 is 28.2. The minimum absolute atomic E-state index is 0.0759. The van der Waals surface area contributed by atoms with Gasteiger partial charge in [-0.15, -0.1) is 0 Å². The molecule has 29 heavy (non-hydrogen) atoms. The van der Waals surface area contributed by atoms with Gasteiger partial charge in [0.1, 0.15) is 0 Å². The molecule has 0 atom stereocenters. The van der Waals surface area contributed by atoms with Crippen molar-refractivity contribution < 1.29 is 23.1 Å². The third-order valence-corrected chi connectivity index (χ3v) is 5.67. The molecule has 3 aromatic carbocycles. The van der Waals surface area contributed by atoms with E-state index in [2.05, 4.69) is 26.0 Å². The van der Waals surface area contributed by atoms with Crippen molar-refractivity contribution >= 4 is 49.2 Å². The predicted molar refractivity (Wildman–Crippen MR) is 113 cm³/mol. The first-order chi connectivity index (χ1) is 13.7. The highest BCUT2D eigenvalue weighted by molar-refractivity contribution is 9.10. The predicted octanol–water partition coefficient (Wildman–Crippen LogP) is 4.20. The van der Waals surface area contributed by atoms with Crippen molar-refractivity contribution in [2.75, 3.05) is 10.0 Å². The van der Waals surface area contributed by atoms with Crippen LogP contribution in [0.2, 0.25) is 0 Å². The molecule has 0 saturated carbocycles. The van der Waals surface area contributed by atoms with E-state index < -0.39 is 21.9 Å². The quantitative estimate of drug-likeness (QED) is 0.495. The van der Waals surface area contributed by atoms with E-state index in [-0.39, 0.29) is 21.7 Å². The van der Waals surface area contributed by atoms with Gasteiger partial charge in [-0.25, -0.2) is 13.2 Å². The molecule has 148 valence electrons. The second-order valence-corrected chi connectivity index (χ2v) is 8.59. The largest absolute Gasteiger partial charge is 0.478 e. The van der Waals surface area contributed by atoms with E-state index >= 15 is 0 Å². The maximum absolute atomic E-state index is 12.7. The Labute approximate surface area is 175 Å². The molecule has 0 bridgehead atoms. The summed E-state index contributed by atoms with van der Waals surface area (Å²) in [5.41, 5.74) is 0.750. The Morgan fingerprint density at radius 2 is 1.55 bits per heavy atom. The molecule has 9 heteroatoms. The number of sulfonamides is 1. The van der Waals surface area contributed by atoms with Crippen molar-refractivity contribution in [3.8, 4) is 0 Å². The Balaban J connectivity index is 1.85. The average molecular weight is 475 g/mol. The molecular weight excluding hydrogens is 460 g/mol. The van der Waals surface area contributed by atoms with Crippen LogP contribution in [0.4, 0.5) is 11.4 Å². The number of carbonyl (C=O) groups is 2. The smallest absolute Gasteiger partial charge is 0.335 e. The third kappa shape index (κ3) is 5.21. The molecule has 0 radical (unpaired) electrons. The molecule has 0 aromatic heterocycles. The first-order valence-corrected chi connectivity index (χ1v) is 10.6. The van der Waals surface area contributed by atoms with Crippen LogP contribution in [0, 0.1) is 0 Å². The zero-order chi connectivity index (χ0) is 21.0. The Morgan fingerprint density at radius 3 is 2.24 bits per heavy atom. The minimum atomic E-state index is -4.05. The Morgan fingerprint density at radius 1 is 0.828 bits per heavy atom. The van der Waals surface area contributed by atoms with Crippen LogP contribution in [0.15, 0.2) is 82.2 Å². The SMILES string of the molecule is O=C(O)c1cc(Br)cc(NS(=O)(=O)c2cccc(C(=O)Nc3ccccc3)c2)c1. The summed E-state index contributed by atoms with van der Waals surface area (Å²) in [6, 6.07) is 18.3. The number of rotatable bonds is 6. The lowest BCUT2D eigenvalue weighted by Gasteiger charge is -2.11. The first-order valence-electron chi connectivity index (χ1n) is 8.28. The standard InChI is InChI=1S/C20H15BrN2O5S/c21-15-9-14(20(25)26)10-17(12-15)23-29(27,28)18-8-4-5-13(11-18)19(24)22-16-6-2-1-3-7-16/h1-12,23H,(H,22,24)(H,25,26). The van der Waals surface area contributed by atoms with Gasteiger partial charge in [-0.05, 0) is 48.5 Å². The zero-order valence-electron chi connectivity index (χ0n) is 14.8. The number of hydrogen-bond donors (Lipinski definition) is 3. The number of carboxylic acids is 1. The Kier molecular flexibility index (Phi) is 6.00. The van der Waals surface area contributed by atoms with Gasteiger partial charge in [-0.2, -0.15) is 0 Å². The lowest BCUT2D eigenvalue weighted by atomic mass is 10.2.